The van der Waals surface area contributed by atoms with Crippen LogP contribution in [0.15, 0.2) is 29.3 Å². The number of rotatable bonds is 3. The predicted octanol–water partition coefficient (Wildman–Crippen LogP) is 1.93. The number of thiocarbonyl (C=S) groups is 1. The number of hydrogen-bond donors (Lipinski definition) is 1. The number of amides is 1. The maximum absolute atomic E-state index is 13.1. The molecule has 1 atom stereocenters. The van der Waals surface area contributed by atoms with Crippen molar-refractivity contribution >= 4 is 28.9 Å². The molecule has 1 aliphatic heterocycles. The van der Waals surface area contributed by atoms with Crippen molar-refractivity contribution in [2.75, 3.05) is 6.54 Å². The average Bonchev–Trinajstić information content (AvgIpc) is 3.07. The van der Waals surface area contributed by atoms with E-state index in [2.05, 4.69) is 15.2 Å². The van der Waals surface area contributed by atoms with Crippen molar-refractivity contribution in [3.8, 4) is 0 Å². The number of nitrogens with zero attached hydrogens (tertiary/aromatic N) is 5. The molecule has 1 aromatic carbocycles. The Morgan fingerprint density at radius 1 is 1.30 bits per heavy atom. The lowest BCUT2D eigenvalue weighted by Gasteiger charge is -2.33. The van der Waals surface area contributed by atoms with Gasteiger partial charge < -0.3 is 15.2 Å². The van der Waals surface area contributed by atoms with Crippen LogP contribution in [0.1, 0.15) is 35.0 Å². The van der Waals surface area contributed by atoms with Crippen LogP contribution in [0.5, 0.6) is 0 Å². The quantitative estimate of drug-likeness (QED) is 0.487. The molecular weight excluding hydrogens is 381 g/mol. The molecule has 2 aromatic rings. The van der Waals surface area contributed by atoms with Crippen LogP contribution in [0.4, 0.5) is 13.2 Å². The van der Waals surface area contributed by atoms with Gasteiger partial charge in [0.25, 0.3) is 12.3 Å². The number of benzene rings is 1. The third-order valence-corrected chi connectivity index (χ3v) is 4.46. The van der Waals surface area contributed by atoms with Gasteiger partial charge in [-0.05, 0) is 31.2 Å². The minimum absolute atomic E-state index is 0.143. The molecule has 2 N–H and O–H groups in total. The van der Waals surface area contributed by atoms with E-state index in [9.17, 15) is 18.0 Å². The first kappa shape index (κ1) is 19.0. The highest BCUT2D eigenvalue weighted by Gasteiger charge is 2.32. The van der Waals surface area contributed by atoms with E-state index in [1.165, 1.54) is 24.3 Å². The number of halogens is 3. The molecule has 0 aliphatic carbocycles. The molecule has 0 unspecified atom stereocenters. The summed E-state index contributed by atoms with van der Waals surface area (Å²) in [6.07, 6.45) is -2.92. The number of amidine groups is 1. The van der Waals surface area contributed by atoms with Gasteiger partial charge in [0.2, 0.25) is 0 Å². The normalized spacial score (nSPS) is 17.1. The van der Waals surface area contributed by atoms with Crippen LogP contribution < -0.4 is 5.73 Å². The molecule has 1 amide bonds. The third-order valence-electron chi connectivity index (χ3n) is 4.18. The van der Waals surface area contributed by atoms with Gasteiger partial charge in [-0.15, -0.1) is 10.2 Å². The Kier molecular flexibility index (Phi) is 5.22. The number of aliphatic imine (C=N–C) groups is 1. The Morgan fingerprint density at radius 2 is 1.96 bits per heavy atom. The van der Waals surface area contributed by atoms with Crippen LogP contribution >= 0.6 is 12.2 Å². The number of fused-ring (bicyclic) bond motifs is 1. The molecule has 0 bridgehead atoms. The van der Waals surface area contributed by atoms with Crippen LogP contribution in [0, 0.1) is 5.82 Å². The molecule has 0 fully saturated rings. The molecule has 27 heavy (non-hydrogen) atoms. The van der Waals surface area contributed by atoms with Crippen LogP contribution in [0.3, 0.4) is 0 Å². The van der Waals surface area contributed by atoms with Crippen molar-refractivity contribution in [3.63, 3.8) is 0 Å². The molecule has 0 saturated heterocycles. The molecule has 1 aromatic heterocycles. The fraction of sp³-hybridized carbons (Fsp3) is 0.312. The summed E-state index contributed by atoms with van der Waals surface area (Å²) in [5, 5.41) is 7.94. The second-order valence-electron chi connectivity index (χ2n) is 5.86. The summed E-state index contributed by atoms with van der Waals surface area (Å²) in [5.41, 5.74) is 5.49. The van der Waals surface area contributed by atoms with Crippen LogP contribution in [0.2, 0.25) is 0 Å². The summed E-state index contributed by atoms with van der Waals surface area (Å²) >= 11 is 5.02. The number of carbonyl (C=O) groups is 1. The number of carbonyl (C=O) groups excluding carboxylic acids is 1. The van der Waals surface area contributed by atoms with Crippen LogP contribution in [0.25, 0.3) is 0 Å². The van der Waals surface area contributed by atoms with Crippen molar-refractivity contribution in [1.29, 1.82) is 0 Å². The second kappa shape index (κ2) is 7.43. The van der Waals surface area contributed by atoms with Gasteiger partial charge in [0.1, 0.15) is 5.82 Å². The lowest BCUT2D eigenvalue weighted by Crippen LogP contribution is -2.41. The summed E-state index contributed by atoms with van der Waals surface area (Å²) in [7, 11) is 0. The maximum atomic E-state index is 13.1. The van der Waals surface area contributed by atoms with Gasteiger partial charge in [-0.3, -0.25) is 4.79 Å². The molecule has 2 heterocycles. The van der Waals surface area contributed by atoms with E-state index in [1.807, 2.05) is 0 Å². The number of hydrogen-bond acceptors (Lipinski definition) is 4. The zero-order valence-electron chi connectivity index (χ0n) is 14.1. The number of aromatic nitrogens is 3. The summed E-state index contributed by atoms with van der Waals surface area (Å²) in [6, 6.07) is 4.80. The Hall–Kier alpha value is -2.82. The highest BCUT2D eigenvalue weighted by molar-refractivity contribution is 7.80. The smallest absolute Gasteiger partial charge is 0.294 e. The number of alkyl halides is 2. The zero-order chi connectivity index (χ0) is 19.7. The Bertz CT molecular complexity index is 911. The van der Waals surface area contributed by atoms with Gasteiger partial charge in [0, 0.05) is 18.7 Å². The van der Waals surface area contributed by atoms with Gasteiger partial charge >= 0.3 is 0 Å². The molecule has 3 rings (SSSR count). The lowest BCUT2D eigenvalue weighted by atomic mass is 10.1. The van der Waals surface area contributed by atoms with Crippen molar-refractivity contribution in [2.24, 2.45) is 10.7 Å². The van der Waals surface area contributed by atoms with Crippen LogP contribution in [-0.4, -0.2) is 49.4 Å². The summed E-state index contributed by atoms with van der Waals surface area (Å²) in [5.74, 6) is -1.01. The fourth-order valence-electron chi connectivity index (χ4n) is 2.80. The first-order valence-electron chi connectivity index (χ1n) is 7.95. The second-order valence-corrected chi connectivity index (χ2v) is 6.24. The molecule has 0 radical (unpaired) electrons. The number of nitrogens with two attached hydrogens (primary N) is 1. The van der Waals surface area contributed by atoms with E-state index in [1.54, 1.807) is 16.4 Å². The molecule has 142 valence electrons. The highest BCUT2D eigenvalue weighted by Crippen LogP contribution is 2.26. The molecule has 7 nitrogen and oxygen atoms in total. The molecule has 0 saturated carbocycles. The van der Waals surface area contributed by atoms with E-state index in [-0.39, 0.29) is 16.7 Å². The van der Waals surface area contributed by atoms with E-state index >= 15 is 0 Å². The predicted molar refractivity (Wildman–Crippen MR) is 95.2 cm³/mol. The van der Waals surface area contributed by atoms with E-state index < -0.39 is 24.1 Å². The summed E-state index contributed by atoms with van der Waals surface area (Å²) in [4.78, 5) is 17.6. The average molecular weight is 396 g/mol. The fourth-order valence-corrected chi connectivity index (χ4v) is 3.05. The summed E-state index contributed by atoms with van der Waals surface area (Å²) < 4.78 is 39.8. The first-order chi connectivity index (χ1) is 12.8. The third kappa shape index (κ3) is 3.68. The van der Waals surface area contributed by atoms with E-state index in [0.29, 0.717) is 24.5 Å². The summed E-state index contributed by atoms with van der Waals surface area (Å²) in [6.45, 7) is 2.37. The minimum Gasteiger partial charge on any atom is -0.382 e. The maximum Gasteiger partial charge on any atom is 0.294 e. The van der Waals surface area contributed by atoms with Gasteiger partial charge in [-0.1, -0.05) is 12.2 Å². The SMILES string of the molecule is C[C@@H]1c2nnc(C(=S)N=C(N)C(F)F)n2CCN1C(=O)c1ccc(F)cc1. The van der Waals surface area contributed by atoms with E-state index in [0.717, 1.165) is 0 Å². The zero-order valence-corrected chi connectivity index (χ0v) is 15.0. The molecule has 1 aliphatic rings. The van der Waals surface area contributed by atoms with Crippen molar-refractivity contribution in [2.45, 2.75) is 25.9 Å². The standard InChI is InChI=1S/C16H15F3N6OS/c1-8-13-22-23-14(15(27)21-12(20)11(18)19)25(13)7-6-24(8)16(26)9-2-4-10(17)5-3-9/h2-5,8,11H,6-7H2,1H3,(H2,20,21,27)/t8-/m1/s1. The Labute approximate surface area is 157 Å². The molecular formula is C16H15F3N6OS. The topological polar surface area (TPSA) is 89.4 Å². The Balaban J connectivity index is 1.85. The molecule has 0 spiro atoms. The monoisotopic (exact) mass is 396 g/mol. The first-order valence-corrected chi connectivity index (χ1v) is 8.36. The van der Waals surface area contributed by atoms with Gasteiger partial charge in [0.05, 0.1) is 6.04 Å². The van der Waals surface area contributed by atoms with Gasteiger partial charge in [-0.2, -0.15) is 0 Å². The van der Waals surface area contributed by atoms with Crippen LogP contribution in [-0.2, 0) is 6.54 Å². The highest BCUT2D eigenvalue weighted by atomic mass is 32.1. The largest absolute Gasteiger partial charge is 0.382 e. The van der Waals surface area contributed by atoms with Crippen molar-refractivity contribution in [1.82, 2.24) is 19.7 Å². The lowest BCUT2D eigenvalue weighted by molar-refractivity contribution is 0.0637. The van der Waals surface area contributed by atoms with Gasteiger partial charge in [-0.25, -0.2) is 18.2 Å². The van der Waals surface area contributed by atoms with Gasteiger partial charge in [0.15, 0.2) is 22.5 Å². The van der Waals surface area contributed by atoms with Crippen molar-refractivity contribution in [3.05, 3.63) is 47.3 Å². The van der Waals surface area contributed by atoms with E-state index in [4.69, 9.17) is 18.0 Å². The van der Waals surface area contributed by atoms with Crippen molar-refractivity contribution < 1.29 is 18.0 Å². The Morgan fingerprint density at radius 3 is 2.59 bits per heavy atom. The minimum atomic E-state index is -2.92. The molecule has 11 heteroatoms.